The lowest BCUT2D eigenvalue weighted by atomic mass is 10.1. The Morgan fingerprint density at radius 3 is 2.56 bits per heavy atom. The third-order valence-electron chi connectivity index (χ3n) is 3.44. The van der Waals surface area contributed by atoms with Gasteiger partial charge in [0.05, 0.1) is 11.0 Å². The largest absolute Gasteiger partial charge is 0.342 e. The molecule has 90 valence electrons. The molecular formula is C16H16N2. The number of H-pyrrole nitrogens is 1. The highest BCUT2D eigenvalue weighted by molar-refractivity contribution is 5.79. The maximum absolute atomic E-state index is 4.71. The summed E-state index contributed by atoms with van der Waals surface area (Å²) in [7, 11) is 0. The molecule has 0 radical (unpaired) electrons. The van der Waals surface area contributed by atoms with E-state index in [1.807, 2.05) is 6.07 Å². The number of aryl methyl sites for hydroxylation is 2. The lowest BCUT2D eigenvalue weighted by molar-refractivity contribution is 1.04. The molecule has 0 saturated carbocycles. The molecule has 2 aromatic carbocycles. The molecule has 0 saturated heterocycles. The van der Waals surface area contributed by atoms with Gasteiger partial charge in [0.1, 0.15) is 5.82 Å². The average Bonchev–Trinajstić information content (AvgIpc) is 2.79. The van der Waals surface area contributed by atoms with Crippen molar-refractivity contribution in [3.05, 3.63) is 65.0 Å². The van der Waals surface area contributed by atoms with E-state index in [0.29, 0.717) is 0 Å². The van der Waals surface area contributed by atoms with Crippen LogP contribution in [0, 0.1) is 13.8 Å². The summed E-state index contributed by atoms with van der Waals surface area (Å²) in [6, 6.07) is 14.7. The molecule has 0 amide bonds. The van der Waals surface area contributed by atoms with Gasteiger partial charge in [0.2, 0.25) is 0 Å². The molecule has 0 atom stereocenters. The Hall–Kier alpha value is -2.09. The molecular weight excluding hydrogens is 220 g/mol. The molecule has 1 heterocycles. The standard InChI is InChI=1S/C16H16N2/c1-11-8-9-14-16(12(11)2)18-15(17-14)10-13-6-4-3-5-7-13/h3-9H,10H2,1-2H3,(H,17,18). The molecule has 0 aliphatic heterocycles. The third kappa shape index (κ3) is 1.90. The number of rotatable bonds is 2. The van der Waals surface area contributed by atoms with Crippen LogP contribution in [0.1, 0.15) is 22.5 Å². The van der Waals surface area contributed by atoms with E-state index in [2.05, 4.69) is 55.2 Å². The summed E-state index contributed by atoms with van der Waals surface area (Å²) in [6.45, 7) is 4.26. The first kappa shape index (κ1) is 11.0. The van der Waals surface area contributed by atoms with Crippen LogP contribution in [0.25, 0.3) is 11.0 Å². The molecule has 2 nitrogen and oxygen atoms in total. The van der Waals surface area contributed by atoms with Gasteiger partial charge in [0.15, 0.2) is 0 Å². The minimum atomic E-state index is 0.855. The van der Waals surface area contributed by atoms with E-state index in [1.165, 1.54) is 16.7 Å². The number of aromatic amines is 1. The summed E-state index contributed by atoms with van der Waals surface area (Å²) in [6.07, 6.45) is 0.855. The van der Waals surface area contributed by atoms with Crippen molar-refractivity contribution in [1.29, 1.82) is 0 Å². The minimum Gasteiger partial charge on any atom is -0.342 e. The van der Waals surface area contributed by atoms with Crippen LogP contribution >= 0.6 is 0 Å². The predicted molar refractivity (Wildman–Crippen MR) is 74.8 cm³/mol. The molecule has 0 spiro atoms. The van der Waals surface area contributed by atoms with E-state index in [1.54, 1.807) is 0 Å². The van der Waals surface area contributed by atoms with Crippen LogP contribution in [0.2, 0.25) is 0 Å². The van der Waals surface area contributed by atoms with Crippen LogP contribution in [-0.2, 0) is 6.42 Å². The minimum absolute atomic E-state index is 0.855. The lowest BCUT2D eigenvalue weighted by Crippen LogP contribution is -1.89. The Labute approximate surface area is 107 Å². The van der Waals surface area contributed by atoms with E-state index >= 15 is 0 Å². The number of nitrogens with one attached hydrogen (secondary N) is 1. The zero-order chi connectivity index (χ0) is 12.5. The van der Waals surface area contributed by atoms with E-state index < -0.39 is 0 Å². The van der Waals surface area contributed by atoms with E-state index in [0.717, 1.165) is 23.3 Å². The van der Waals surface area contributed by atoms with Gasteiger partial charge in [-0.15, -0.1) is 0 Å². The van der Waals surface area contributed by atoms with Gasteiger partial charge in [-0.2, -0.15) is 0 Å². The smallest absolute Gasteiger partial charge is 0.111 e. The van der Waals surface area contributed by atoms with Gasteiger partial charge in [-0.1, -0.05) is 36.4 Å². The molecule has 0 fully saturated rings. The summed E-state index contributed by atoms with van der Waals surface area (Å²) < 4.78 is 0. The fourth-order valence-electron chi connectivity index (χ4n) is 2.24. The second kappa shape index (κ2) is 4.30. The van der Waals surface area contributed by atoms with Gasteiger partial charge in [0, 0.05) is 6.42 Å². The van der Waals surface area contributed by atoms with Gasteiger partial charge in [-0.05, 0) is 36.6 Å². The number of nitrogens with zero attached hydrogens (tertiary/aromatic N) is 1. The average molecular weight is 236 g/mol. The highest BCUT2D eigenvalue weighted by atomic mass is 14.9. The monoisotopic (exact) mass is 236 g/mol. The van der Waals surface area contributed by atoms with Gasteiger partial charge in [-0.3, -0.25) is 0 Å². The van der Waals surface area contributed by atoms with Gasteiger partial charge < -0.3 is 4.98 Å². The number of imidazole rings is 1. The van der Waals surface area contributed by atoms with Crippen molar-refractivity contribution in [3.63, 3.8) is 0 Å². The first-order valence-electron chi connectivity index (χ1n) is 6.23. The van der Waals surface area contributed by atoms with E-state index in [-0.39, 0.29) is 0 Å². The summed E-state index contributed by atoms with van der Waals surface area (Å²) in [5, 5.41) is 0. The first-order valence-corrected chi connectivity index (χ1v) is 6.23. The van der Waals surface area contributed by atoms with Crippen LogP contribution in [0.4, 0.5) is 0 Å². The summed E-state index contributed by atoms with van der Waals surface area (Å²) in [5.41, 5.74) is 6.07. The van der Waals surface area contributed by atoms with Crippen LogP contribution in [0.5, 0.6) is 0 Å². The second-order valence-electron chi connectivity index (χ2n) is 4.75. The Morgan fingerprint density at radius 1 is 1.00 bits per heavy atom. The van der Waals surface area contributed by atoms with Crippen molar-refractivity contribution in [3.8, 4) is 0 Å². The van der Waals surface area contributed by atoms with E-state index in [9.17, 15) is 0 Å². The molecule has 0 aliphatic rings. The van der Waals surface area contributed by atoms with Gasteiger partial charge >= 0.3 is 0 Å². The van der Waals surface area contributed by atoms with Crippen molar-refractivity contribution in [2.75, 3.05) is 0 Å². The van der Waals surface area contributed by atoms with Crippen LogP contribution < -0.4 is 0 Å². The van der Waals surface area contributed by atoms with Gasteiger partial charge in [0.25, 0.3) is 0 Å². The third-order valence-corrected chi connectivity index (χ3v) is 3.44. The SMILES string of the molecule is Cc1ccc2[nH]c(Cc3ccccc3)nc2c1C. The summed E-state index contributed by atoms with van der Waals surface area (Å²) >= 11 is 0. The quantitative estimate of drug-likeness (QED) is 0.721. The second-order valence-corrected chi connectivity index (χ2v) is 4.75. The molecule has 2 heteroatoms. The molecule has 1 N–H and O–H groups in total. The Kier molecular flexibility index (Phi) is 2.63. The van der Waals surface area contributed by atoms with E-state index in [4.69, 9.17) is 4.98 Å². The van der Waals surface area contributed by atoms with Crippen LogP contribution in [-0.4, -0.2) is 9.97 Å². The molecule has 1 aromatic heterocycles. The molecule has 3 rings (SSSR count). The molecule has 3 aromatic rings. The van der Waals surface area contributed by atoms with Crippen molar-refractivity contribution < 1.29 is 0 Å². The van der Waals surface area contributed by atoms with Gasteiger partial charge in [-0.25, -0.2) is 4.98 Å². The Balaban J connectivity index is 2.02. The topological polar surface area (TPSA) is 28.7 Å². The van der Waals surface area contributed by atoms with Crippen molar-refractivity contribution in [2.24, 2.45) is 0 Å². The zero-order valence-corrected chi connectivity index (χ0v) is 10.7. The lowest BCUT2D eigenvalue weighted by Gasteiger charge is -1.98. The number of fused-ring (bicyclic) bond motifs is 1. The highest BCUT2D eigenvalue weighted by Crippen LogP contribution is 2.20. The number of hydrogen-bond acceptors (Lipinski definition) is 1. The molecule has 0 bridgehead atoms. The Bertz CT molecular complexity index is 681. The number of benzene rings is 2. The zero-order valence-electron chi connectivity index (χ0n) is 10.7. The first-order chi connectivity index (χ1) is 8.74. The normalized spacial score (nSPS) is 11.0. The number of hydrogen-bond donors (Lipinski definition) is 1. The maximum Gasteiger partial charge on any atom is 0.111 e. The highest BCUT2D eigenvalue weighted by Gasteiger charge is 2.07. The Morgan fingerprint density at radius 2 is 1.78 bits per heavy atom. The molecule has 0 aliphatic carbocycles. The fraction of sp³-hybridized carbons (Fsp3) is 0.188. The summed E-state index contributed by atoms with van der Waals surface area (Å²) in [5.74, 6) is 1.03. The predicted octanol–water partition coefficient (Wildman–Crippen LogP) is 3.77. The van der Waals surface area contributed by atoms with Crippen molar-refractivity contribution in [1.82, 2.24) is 9.97 Å². The van der Waals surface area contributed by atoms with Crippen LogP contribution in [0.15, 0.2) is 42.5 Å². The van der Waals surface area contributed by atoms with Crippen LogP contribution in [0.3, 0.4) is 0 Å². The summed E-state index contributed by atoms with van der Waals surface area (Å²) in [4.78, 5) is 8.11. The van der Waals surface area contributed by atoms with Crippen molar-refractivity contribution >= 4 is 11.0 Å². The van der Waals surface area contributed by atoms with Crippen molar-refractivity contribution in [2.45, 2.75) is 20.3 Å². The molecule has 0 unspecified atom stereocenters. The molecule has 18 heavy (non-hydrogen) atoms. The number of aromatic nitrogens is 2. The fourth-order valence-corrected chi connectivity index (χ4v) is 2.24. The maximum atomic E-state index is 4.71.